The summed E-state index contributed by atoms with van der Waals surface area (Å²) in [5.74, 6) is -30.2. The topological polar surface area (TPSA) is 61.8 Å². The van der Waals surface area contributed by atoms with Crippen LogP contribution in [0.3, 0.4) is 0 Å². The van der Waals surface area contributed by atoms with Crippen LogP contribution in [0.15, 0.2) is 84.9 Å². The summed E-state index contributed by atoms with van der Waals surface area (Å²) in [6.45, 7) is 0. The van der Waals surface area contributed by atoms with Crippen LogP contribution in [0.2, 0.25) is 0 Å². The Morgan fingerprint density at radius 2 is 0.930 bits per heavy atom. The number of carbonyl (C=O) groups is 2. The number of ether oxygens (including phenoxy) is 3. The lowest BCUT2D eigenvalue weighted by Gasteiger charge is -2.51. The van der Waals surface area contributed by atoms with E-state index >= 15 is 0 Å². The van der Waals surface area contributed by atoms with Gasteiger partial charge < -0.3 is 14.2 Å². The summed E-state index contributed by atoms with van der Waals surface area (Å²) >= 11 is 0. The predicted octanol–water partition coefficient (Wildman–Crippen LogP) is 9.91. The van der Waals surface area contributed by atoms with Crippen molar-refractivity contribution >= 4 is 11.9 Å². The van der Waals surface area contributed by atoms with E-state index in [4.69, 9.17) is 14.2 Å². The van der Waals surface area contributed by atoms with Crippen molar-refractivity contribution in [1.29, 1.82) is 0 Å². The van der Waals surface area contributed by atoms with Gasteiger partial charge in [0.2, 0.25) is 11.6 Å². The lowest BCUT2D eigenvalue weighted by atomic mass is 9.51. The van der Waals surface area contributed by atoms with Gasteiger partial charge in [0.15, 0.2) is 46.5 Å². The highest BCUT2D eigenvalue weighted by Crippen LogP contribution is 2.64. The normalized spacial score (nSPS) is 16.1. The van der Waals surface area contributed by atoms with Gasteiger partial charge in [-0.05, 0) is 58.5 Å². The Kier molecular flexibility index (Phi) is 8.85. The van der Waals surface area contributed by atoms with E-state index in [0.717, 1.165) is 12.1 Å². The molecule has 0 heterocycles. The van der Waals surface area contributed by atoms with Crippen LogP contribution in [0.1, 0.15) is 65.6 Å². The fourth-order valence-electron chi connectivity index (χ4n) is 7.85. The lowest BCUT2D eigenvalue weighted by molar-refractivity contribution is 0.0700. The highest BCUT2D eigenvalue weighted by Gasteiger charge is 2.55. The number of rotatable bonds is 7. The first-order chi connectivity index (χ1) is 27.2. The van der Waals surface area contributed by atoms with Gasteiger partial charge in [0.1, 0.15) is 28.4 Å². The molecule has 6 aromatic rings. The summed E-state index contributed by atoms with van der Waals surface area (Å²) in [7, 11) is 1.44. The van der Waals surface area contributed by atoms with Crippen molar-refractivity contribution in [1.82, 2.24) is 0 Å². The second-order valence-electron chi connectivity index (χ2n) is 13.1. The molecular formula is C42H20F10O5. The van der Waals surface area contributed by atoms with Crippen LogP contribution >= 0.6 is 0 Å². The molecular weight excluding hydrogens is 774 g/mol. The molecule has 0 saturated heterocycles. The second kappa shape index (κ2) is 13.5. The molecule has 0 saturated carbocycles. The van der Waals surface area contributed by atoms with E-state index in [1.54, 1.807) is 72.8 Å². The molecule has 0 amide bonds. The molecule has 0 spiro atoms. The monoisotopic (exact) mass is 794 g/mol. The molecule has 0 unspecified atom stereocenters. The van der Waals surface area contributed by atoms with Crippen molar-refractivity contribution in [3.05, 3.63) is 193 Å². The predicted molar refractivity (Wildman–Crippen MR) is 179 cm³/mol. The molecule has 9 rings (SSSR count). The Morgan fingerprint density at radius 1 is 0.526 bits per heavy atom. The Morgan fingerprint density at radius 3 is 1.39 bits per heavy atom. The van der Waals surface area contributed by atoms with Crippen LogP contribution in [0.5, 0.6) is 17.2 Å². The number of esters is 2. The molecule has 288 valence electrons. The van der Waals surface area contributed by atoms with Crippen molar-refractivity contribution in [2.24, 2.45) is 0 Å². The molecule has 2 bridgehead atoms. The minimum atomic E-state index is -2.53. The summed E-state index contributed by atoms with van der Waals surface area (Å²) in [4.78, 5) is 27.0. The van der Waals surface area contributed by atoms with Crippen molar-refractivity contribution in [3.63, 3.8) is 0 Å². The average Bonchev–Trinajstić information content (AvgIpc) is 3.22. The third-order valence-electron chi connectivity index (χ3n) is 10.2. The minimum Gasteiger partial charge on any atom is -0.497 e. The van der Waals surface area contributed by atoms with Gasteiger partial charge in [-0.25, -0.2) is 53.5 Å². The maximum Gasteiger partial charge on any atom is 0.349 e. The molecule has 0 N–H and O–H groups in total. The van der Waals surface area contributed by atoms with E-state index in [1.165, 1.54) is 7.11 Å². The number of methoxy groups -OCH3 is 1. The SMILES string of the molecule is COc1ccc(CC23c4ccccc4C(c4ccccc42)c2c(OC(=O)c4c(F)c(F)c(F)c(F)c4F)ccc(OC(=O)c4c(F)c(F)c(F)c(F)c4F)c23)cc1. The maximum absolute atomic E-state index is 15.0. The quantitative estimate of drug-likeness (QED) is 0.0530. The Bertz CT molecular complexity index is 2610. The van der Waals surface area contributed by atoms with Gasteiger partial charge in [-0.1, -0.05) is 60.7 Å². The third-order valence-corrected chi connectivity index (χ3v) is 10.2. The molecule has 0 fully saturated rings. The number of benzene rings is 6. The first-order valence-corrected chi connectivity index (χ1v) is 16.7. The fraction of sp³-hybridized carbons (Fsp3) is 0.0952. The van der Waals surface area contributed by atoms with Gasteiger partial charge in [0.05, 0.1) is 12.5 Å². The Hall–Kier alpha value is -6.64. The number of hydrogen-bond acceptors (Lipinski definition) is 5. The van der Waals surface area contributed by atoms with Gasteiger partial charge in [0, 0.05) is 17.0 Å². The Labute approximate surface area is 314 Å². The zero-order chi connectivity index (χ0) is 40.7. The summed E-state index contributed by atoms with van der Waals surface area (Å²) < 4.78 is 161. The molecule has 15 heteroatoms. The molecule has 3 aliphatic rings. The number of hydrogen-bond donors (Lipinski definition) is 0. The van der Waals surface area contributed by atoms with E-state index in [9.17, 15) is 53.5 Å². The van der Waals surface area contributed by atoms with E-state index in [0.29, 0.717) is 33.6 Å². The maximum atomic E-state index is 15.0. The number of halogens is 10. The second-order valence-corrected chi connectivity index (χ2v) is 13.1. The summed E-state index contributed by atoms with van der Waals surface area (Å²) in [5, 5.41) is 0. The third kappa shape index (κ3) is 5.39. The molecule has 57 heavy (non-hydrogen) atoms. The standard InChI is InChI=1S/C42H20F10O5/c1-55-18-12-10-17(11-13-18)16-42-21-8-4-2-6-19(21)25(20-7-3-5-9-22(20)42)26-23(56-40(53)27-30(43)34(47)38(51)35(48)31(27)44)14-15-24(29(26)42)57-41(54)28-32(45)36(49)39(52)37(50)33(28)46/h2-15,25H,16H2,1H3. The van der Waals surface area contributed by atoms with Crippen LogP contribution in [0.4, 0.5) is 43.9 Å². The Balaban J connectivity index is 1.41. The van der Waals surface area contributed by atoms with Gasteiger partial charge in [-0.3, -0.25) is 0 Å². The molecule has 6 aromatic carbocycles. The minimum absolute atomic E-state index is 0.0210. The largest absolute Gasteiger partial charge is 0.497 e. The van der Waals surface area contributed by atoms with Crippen molar-refractivity contribution in [2.75, 3.05) is 7.11 Å². The van der Waals surface area contributed by atoms with Gasteiger partial charge in [-0.15, -0.1) is 0 Å². The first-order valence-electron chi connectivity index (χ1n) is 16.7. The van der Waals surface area contributed by atoms with Gasteiger partial charge in [-0.2, -0.15) is 0 Å². The molecule has 0 atom stereocenters. The lowest BCUT2D eigenvalue weighted by Crippen LogP contribution is -2.44. The van der Waals surface area contributed by atoms with E-state index in [2.05, 4.69) is 0 Å². The van der Waals surface area contributed by atoms with Crippen LogP contribution in [0, 0.1) is 58.2 Å². The highest BCUT2D eigenvalue weighted by atomic mass is 19.2. The van der Waals surface area contributed by atoms with E-state index in [1.807, 2.05) is 0 Å². The summed E-state index contributed by atoms with van der Waals surface area (Å²) in [6.07, 6.45) is -0.0210. The van der Waals surface area contributed by atoms with Gasteiger partial charge in [0.25, 0.3) is 0 Å². The summed E-state index contributed by atoms with van der Waals surface area (Å²) in [5.41, 5.74) is -2.62. The fourth-order valence-corrected chi connectivity index (χ4v) is 7.85. The molecule has 5 nitrogen and oxygen atoms in total. The van der Waals surface area contributed by atoms with Crippen molar-refractivity contribution < 1.29 is 67.7 Å². The molecule has 0 aliphatic heterocycles. The van der Waals surface area contributed by atoms with E-state index < -0.39 is 104 Å². The zero-order valence-corrected chi connectivity index (χ0v) is 28.7. The van der Waals surface area contributed by atoms with Crippen LogP contribution in [-0.4, -0.2) is 19.0 Å². The highest BCUT2D eigenvalue weighted by molar-refractivity contribution is 5.94. The molecule has 0 aromatic heterocycles. The average molecular weight is 795 g/mol. The summed E-state index contributed by atoms with van der Waals surface area (Å²) in [6, 6.07) is 22.2. The number of carbonyl (C=O) groups excluding carboxylic acids is 2. The zero-order valence-electron chi connectivity index (χ0n) is 28.7. The smallest absolute Gasteiger partial charge is 0.349 e. The van der Waals surface area contributed by atoms with Gasteiger partial charge >= 0.3 is 11.9 Å². The van der Waals surface area contributed by atoms with Crippen molar-refractivity contribution in [2.45, 2.75) is 17.8 Å². The van der Waals surface area contributed by atoms with Crippen molar-refractivity contribution in [3.8, 4) is 17.2 Å². The molecule has 0 radical (unpaired) electrons. The first kappa shape index (κ1) is 37.3. The van der Waals surface area contributed by atoms with Crippen LogP contribution in [0.25, 0.3) is 0 Å². The molecule has 3 aliphatic carbocycles. The van der Waals surface area contributed by atoms with Crippen LogP contribution in [-0.2, 0) is 11.8 Å². The van der Waals surface area contributed by atoms with Crippen LogP contribution < -0.4 is 14.2 Å². The van der Waals surface area contributed by atoms with E-state index in [-0.39, 0.29) is 17.5 Å².